The van der Waals surface area contributed by atoms with Crippen LogP contribution in [-0.4, -0.2) is 34.5 Å². The summed E-state index contributed by atoms with van der Waals surface area (Å²) in [5.74, 6) is -0.883. The Morgan fingerprint density at radius 2 is 2.05 bits per heavy atom. The van der Waals surface area contributed by atoms with Gasteiger partial charge in [-0.1, -0.05) is 29.8 Å². The van der Waals surface area contributed by atoms with Gasteiger partial charge in [-0.3, -0.25) is 4.79 Å². The highest BCUT2D eigenvalue weighted by Gasteiger charge is 2.49. The lowest BCUT2D eigenvalue weighted by atomic mass is 10.1. The maximum Gasteiger partial charge on any atom is 0.326 e. The molecule has 1 heterocycles. The number of carbonyl (C=O) groups excluding carboxylic acids is 1. The summed E-state index contributed by atoms with van der Waals surface area (Å²) in [5.41, 5.74) is 0.999. The Hall–Kier alpha value is -1.55. The van der Waals surface area contributed by atoms with Crippen LogP contribution in [0.3, 0.4) is 0 Å². The van der Waals surface area contributed by atoms with Gasteiger partial charge in [0, 0.05) is 17.5 Å². The van der Waals surface area contributed by atoms with Crippen LogP contribution >= 0.6 is 11.6 Å². The molecule has 2 fully saturated rings. The molecule has 4 nitrogen and oxygen atoms in total. The number of amides is 1. The average molecular weight is 294 g/mol. The number of aliphatic carboxylic acids is 1. The molecule has 106 valence electrons. The lowest BCUT2D eigenvalue weighted by molar-refractivity contribution is -0.148. The van der Waals surface area contributed by atoms with Gasteiger partial charge in [0.15, 0.2) is 0 Å². The molecule has 3 atom stereocenters. The molecule has 0 spiro atoms. The second-order valence-electron chi connectivity index (χ2n) is 5.50. The number of carboxylic acids is 1. The lowest BCUT2D eigenvalue weighted by Crippen LogP contribution is -2.41. The van der Waals surface area contributed by atoms with Crippen LogP contribution in [-0.2, 0) is 9.59 Å². The predicted octanol–water partition coefficient (Wildman–Crippen LogP) is 2.52. The molecule has 20 heavy (non-hydrogen) atoms. The second kappa shape index (κ2) is 5.09. The molecule has 0 unspecified atom stereocenters. The number of carbonyl (C=O) groups is 2. The lowest BCUT2D eigenvalue weighted by Gasteiger charge is -2.21. The van der Waals surface area contributed by atoms with Gasteiger partial charge < -0.3 is 10.0 Å². The Morgan fingerprint density at radius 3 is 2.75 bits per heavy atom. The summed E-state index contributed by atoms with van der Waals surface area (Å²) in [5, 5.41) is 9.83. The third-order valence-corrected chi connectivity index (χ3v) is 4.58. The molecule has 1 aromatic rings. The molecule has 1 aliphatic carbocycles. The number of likely N-dealkylation sites (tertiary alicyclic amines) is 1. The van der Waals surface area contributed by atoms with Crippen LogP contribution in [0.5, 0.6) is 0 Å². The van der Waals surface area contributed by atoms with Gasteiger partial charge in [-0.25, -0.2) is 4.79 Å². The van der Waals surface area contributed by atoms with Gasteiger partial charge in [-0.05, 0) is 36.8 Å². The first kappa shape index (κ1) is 13.4. The normalized spacial score (nSPS) is 28.4. The van der Waals surface area contributed by atoms with Gasteiger partial charge in [0.2, 0.25) is 5.91 Å². The van der Waals surface area contributed by atoms with Gasteiger partial charge >= 0.3 is 5.97 Å². The molecule has 1 saturated heterocycles. The fourth-order valence-corrected chi connectivity index (χ4v) is 3.36. The number of hydrogen-bond donors (Lipinski definition) is 1. The van der Waals surface area contributed by atoms with E-state index in [0.717, 1.165) is 18.4 Å². The van der Waals surface area contributed by atoms with Gasteiger partial charge in [0.05, 0.1) is 0 Å². The highest BCUT2D eigenvalue weighted by atomic mass is 35.5. The van der Waals surface area contributed by atoms with Gasteiger partial charge in [-0.15, -0.1) is 0 Å². The van der Waals surface area contributed by atoms with Crippen molar-refractivity contribution in [2.24, 2.45) is 5.92 Å². The number of rotatable bonds is 3. The van der Waals surface area contributed by atoms with Gasteiger partial charge in [0.25, 0.3) is 0 Å². The first-order chi connectivity index (χ1) is 9.59. The Balaban J connectivity index is 1.72. The van der Waals surface area contributed by atoms with Crippen LogP contribution < -0.4 is 0 Å². The summed E-state index contributed by atoms with van der Waals surface area (Å²) in [6.07, 6.45) is 2.10. The molecule has 1 N–H and O–H groups in total. The third-order valence-electron chi connectivity index (χ3n) is 4.23. The topological polar surface area (TPSA) is 57.6 Å². The molecule has 5 heteroatoms. The van der Waals surface area contributed by atoms with E-state index in [1.54, 1.807) is 0 Å². The zero-order chi connectivity index (χ0) is 14.3. The largest absolute Gasteiger partial charge is 0.480 e. The molecule has 1 amide bonds. The van der Waals surface area contributed by atoms with E-state index in [1.165, 1.54) is 4.90 Å². The van der Waals surface area contributed by atoms with E-state index < -0.39 is 12.0 Å². The maximum absolute atomic E-state index is 12.4. The van der Waals surface area contributed by atoms with Crippen molar-refractivity contribution in [3.63, 3.8) is 0 Å². The van der Waals surface area contributed by atoms with Crippen molar-refractivity contribution < 1.29 is 14.7 Å². The van der Waals surface area contributed by atoms with E-state index in [2.05, 4.69) is 0 Å². The van der Waals surface area contributed by atoms with E-state index in [0.29, 0.717) is 18.0 Å². The molecular weight excluding hydrogens is 278 g/mol. The van der Waals surface area contributed by atoms with Crippen LogP contribution in [0.15, 0.2) is 24.3 Å². The number of hydrogen-bond acceptors (Lipinski definition) is 2. The molecule has 0 radical (unpaired) electrons. The molecule has 0 bridgehead atoms. The maximum atomic E-state index is 12.4. The smallest absolute Gasteiger partial charge is 0.326 e. The quantitative estimate of drug-likeness (QED) is 0.931. The van der Waals surface area contributed by atoms with E-state index in [4.69, 9.17) is 16.7 Å². The minimum Gasteiger partial charge on any atom is -0.480 e. The zero-order valence-corrected chi connectivity index (χ0v) is 11.7. The van der Waals surface area contributed by atoms with Crippen LogP contribution in [0.25, 0.3) is 0 Å². The highest BCUT2D eigenvalue weighted by molar-refractivity contribution is 6.31. The minimum absolute atomic E-state index is 0.0279. The van der Waals surface area contributed by atoms with Crippen LogP contribution in [0.1, 0.15) is 30.7 Å². The molecule has 2 aliphatic rings. The predicted molar refractivity (Wildman–Crippen MR) is 74.7 cm³/mol. The molecular formula is C15H16ClNO3. The van der Waals surface area contributed by atoms with E-state index in [-0.39, 0.29) is 17.7 Å². The second-order valence-corrected chi connectivity index (χ2v) is 5.91. The van der Waals surface area contributed by atoms with Gasteiger partial charge in [-0.2, -0.15) is 0 Å². The van der Waals surface area contributed by atoms with Crippen molar-refractivity contribution in [3.05, 3.63) is 34.9 Å². The highest BCUT2D eigenvalue weighted by Crippen LogP contribution is 2.50. The molecule has 0 aromatic heterocycles. The Labute approximate surface area is 122 Å². The van der Waals surface area contributed by atoms with Crippen molar-refractivity contribution in [2.75, 3.05) is 6.54 Å². The summed E-state index contributed by atoms with van der Waals surface area (Å²) in [6, 6.07) is 6.91. The summed E-state index contributed by atoms with van der Waals surface area (Å²) < 4.78 is 0. The molecule has 3 rings (SSSR count). The zero-order valence-electron chi connectivity index (χ0n) is 11.0. The minimum atomic E-state index is -0.897. The molecule has 1 saturated carbocycles. The first-order valence-electron chi connectivity index (χ1n) is 6.87. The summed E-state index contributed by atoms with van der Waals surface area (Å²) >= 11 is 6.15. The van der Waals surface area contributed by atoms with Crippen molar-refractivity contribution >= 4 is 23.5 Å². The van der Waals surface area contributed by atoms with Crippen LogP contribution in [0, 0.1) is 5.92 Å². The van der Waals surface area contributed by atoms with E-state index in [9.17, 15) is 9.59 Å². The van der Waals surface area contributed by atoms with Crippen molar-refractivity contribution in [1.82, 2.24) is 4.90 Å². The Bertz CT molecular complexity index is 560. The Kier molecular flexibility index (Phi) is 3.42. The fraction of sp³-hybridized carbons (Fsp3) is 0.467. The standard InChI is InChI=1S/C15H16ClNO3/c16-12-5-2-1-4-9(12)10-8-11(10)14(18)17-7-3-6-13(17)15(19)20/h1-2,4-5,10-11,13H,3,6-8H2,(H,19,20)/t10-,11+,13+/m1/s1. The van der Waals surface area contributed by atoms with Crippen LogP contribution in [0.4, 0.5) is 0 Å². The van der Waals surface area contributed by atoms with E-state index >= 15 is 0 Å². The average Bonchev–Trinajstić information content (AvgIpc) is 3.05. The van der Waals surface area contributed by atoms with Crippen LogP contribution in [0.2, 0.25) is 5.02 Å². The number of nitrogens with zero attached hydrogens (tertiary/aromatic N) is 1. The molecule has 1 aromatic carbocycles. The van der Waals surface area contributed by atoms with Gasteiger partial charge in [0.1, 0.15) is 6.04 Å². The third kappa shape index (κ3) is 2.29. The summed E-state index contributed by atoms with van der Waals surface area (Å²) in [6.45, 7) is 0.557. The molecule has 1 aliphatic heterocycles. The SMILES string of the molecule is O=C(O)[C@@H]1CCCN1C(=O)[C@H]1C[C@@H]1c1ccccc1Cl. The summed E-state index contributed by atoms with van der Waals surface area (Å²) in [4.78, 5) is 25.1. The summed E-state index contributed by atoms with van der Waals surface area (Å²) in [7, 11) is 0. The number of benzene rings is 1. The number of carboxylic acid groups (broad SMARTS) is 1. The Morgan fingerprint density at radius 1 is 1.30 bits per heavy atom. The number of halogens is 1. The fourth-order valence-electron chi connectivity index (χ4n) is 3.09. The van der Waals surface area contributed by atoms with Crippen molar-refractivity contribution in [1.29, 1.82) is 0 Å². The monoisotopic (exact) mass is 293 g/mol. The van der Waals surface area contributed by atoms with E-state index in [1.807, 2.05) is 24.3 Å². The van der Waals surface area contributed by atoms with Crippen molar-refractivity contribution in [2.45, 2.75) is 31.2 Å². The first-order valence-corrected chi connectivity index (χ1v) is 7.25. The van der Waals surface area contributed by atoms with Crippen molar-refractivity contribution in [3.8, 4) is 0 Å².